The van der Waals surface area contributed by atoms with Gasteiger partial charge in [0.25, 0.3) is 0 Å². The maximum atomic E-state index is 5.87. The number of hydrogen-bond donors (Lipinski definition) is 0. The molecule has 0 aliphatic carbocycles. The fraction of sp³-hybridized carbons (Fsp3) is 0.577. The van der Waals surface area contributed by atoms with Crippen molar-refractivity contribution in [3.05, 3.63) is 59.4 Å². The Morgan fingerprint density at radius 1 is 0.643 bits per heavy atom. The summed E-state index contributed by atoms with van der Waals surface area (Å²) in [6.07, 6.45) is 16.9. The maximum Gasteiger partial charge on any atom is 0.119 e. The predicted molar refractivity (Wildman–Crippen MR) is 120 cm³/mol. The summed E-state index contributed by atoms with van der Waals surface area (Å²) in [5.41, 5.74) is 3.90. The highest BCUT2D eigenvalue weighted by Crippen LogP contribution is 2.15. The fourth-order valence-electron chi connectivity index (χ4n) is 3.43. The van der Waals surface area contributed by atoms with Crippen LogP contribution in [0.15, 0.2) is 42.6 Å². The molecular weight excluding hydrogens is 342 g/mol. The second-order valence-electron chi connectivity index (χ2n) is 7.88. The molecular formula is C26H39NO. The van der Waals surface area contributed by atoms with Crippen LogP contribution in [0.5, 0.6) is 5.75 Å². The van der Waals surface area contributed by atoms with Gasteiger partial charge in [0.05, 0.1) is 6.61 Å². The monoisotopic (exact) mass is 381 g/mol. The number of benzene rings is 1. The lowest BCUT2D eigenvalue weighted by molar-refractivity contribution is 0.304. The van der Waals surface area contributed by atoms with E-state index >= 15 is 0 Å². The molecule has 0 aliphatic heterocycles. The molecule has 0 saturated carbocycles. The molecule has 0 radical (unpaired) electrons. The fourth-order valence-corrected chi connectivity index (χ4v) is 3.43. The molecule has 1 heterocycles. The van der Waals surface area contributed by atoms with Gasteiger partial charge in [0.2, 0.25) is 0 Å². The number of ether oxygens (including phenoxy) is 1. The molecule has 2 heteroatoms. The number of pyridine rings is 1. The van der Waals surface area contributed by atoms with Gasteiger partial charge in [-0.3, -0.25) is 4.98 Å². The van der Waals surface area contributed by atoms with Crippen molar-refractivity contribution in [1.82, 2.24) is 4.98 Å². The number of unbranched alkanes of at least 4 members (excludes halogenated alkanes) is 7. The minimum absolute atomic E-state index is 0.833. The van der Waals surface area contributed by atoms with Crippen molar-refractivity contribution < 1.29 is 4.74 Å². The van der Waals surface area contributed by atoms with Crippen LogP contribution >= 0.6 is 0 Å². The van der Waals surface area contributed by atoms with Crippen molar-refractivity contribution in [2.45, 2.75) is 90.9 Å². The smallest absolute Gasteiger partial charge is 0.119 e. The highest BCUT2D eigenvalue weighted by molar-refractivity contribution is 5.28. The van der Waals surface area contributed by atoms with E-state index < -0.39 is 0 Å². The molecule has 0 atom stereocenters. The molecule has 0 spiro atoms. The van der Waals surface area contributed by atoms with E-state index in [1.165, 1.54) is 68.2 Å². The van der Waals surface area contributed by atoms with Gasteiger partial charge in [0, 0.05) is 11.9 Å². The van der Waals surface area contributed by atoms with Crippen molar-refractivity contribution in [3.63, 3.8) is 0 Å². The quantitative estimate of drug-likeness (QED) is 0.301. The zero-order chi connectivity index (χ0) is 19.9. The van der Waals surface area contributed by atoms with Gasteiger partial charge in [0.1, 0.15) is 5.75 Å². The summed E-state index contributed by atoms with van der Waals surface area (Å²) in [5, 5.41) is 0. The van der Waals surface area contributed by atoms with Crippen LogP contribution in [0.3, 0.4) is 0 Å². The highest BCUT2D eigenvalue weighted by Gasteiger charge is 2.00. The van der Waals surface area contributed by atoms with Crippen LogP contribution in [-0.4, -0.2) is 11.6 Å². The Bertz CT molecular complexity index is 618. The number of aromatic nitrogens is 1. The minimum Gasteiger partial charge on any atom is -0.494 e. The first kappa shape index (κ1) is 22.5. The Balaban J connectivity index is 1.64. The van der Waals surface area contributed by atoms with Gasteiger partial charge in [-0.25, -0.2) is 0 Å². The summed E-state index contributed by atoms with van der Waals surface area (Å²) >= 11 is 0. The second kappa shape index (κ2) is 14.2. The van der Waals surface area contributed by atoms with E-state index in [-0.39, 0.29) is 0 Å². The van der Waals surface area contributed by atoms with Gasteiger partial charge in [-0.2, -0.15) is 0 Å². The Morgan fingerprint density at radius 3 is 2.04 bits per heavy atom. The van der Waals surface area contributed by atoms with Crippen LogP contribution in [0, 0.1) is 0 Å². The number of hydrogen-bond acceptors (Lipinski definition) is 2. The molecule has 2 nitrogen and oxygen atoms in total. The average Bonchev–Trinajstić information content (AvgIpc) is 2.73. The van der Waals surface area contributed by atoms with Crippen LogP contribution in [0.25, 0.3) is 0 Å². The molecule has 1 aromatic heterocycles. The number of nitrogens with zero attached hydrogens (tertiary/aromatic N) is 1. The van der Waals surface area contributed by atoms with Crippen molar-refractivity contribution in [1.29, 1.82) is 0 Å². The van der Waals surface area contributed by atoms with Crippen molar-refractivity contribution in [3.8, 4) is 5.75 Å². The first-order valence-electron chi connectivity index (χ1n) is 11.5. The van der Waals surface area contributed by atoms with Crippen molar-refractivity contribution in [2.24, 2.45) is 0 Å². The van der Waals surface area contributed by atoms with E-state index in [0.717, 1.165) is 38.0 Å². The normalized spacial score (nSPS) is 10.9. The third-order valence-corrected chi connectivity index (χ3v) is 5.31. The van der Waals surface area contributed by atoms with Crippen LogP contribution in [-0.2, 0) is 19.3 Å². The Hall–Kier alpha value is -1.83. The van der Waals surface area contributed by atoms with Gasteiger partial charge in [-0.15, -0.1) is 0 Å². The molecule has 0 unspecified atom stereocenters. The molecule has 0 N–H and O–H groups in total. The first-order chi connectivity index (χ1) is 13.8. The highest BCUT2D eigenvalue weighted by atomic mass is 16.5. The zero-order valence-corrected chi connectivity index (χ0v) is 18.1. The van der Waals surface area contributed by atoms with Gasteiger partial charge < -0.3 is 4.74 Å². The van der Waals surface area contributed by atoms with E-state index in [0.29, 0.717) is 0 Å². The van der Waals surface area contributed by atoms with Gasteiger partial charge in [-0.1, -0.05) is 77.0 Å². The molecule has 0 fully saturated rings. The van der Waals surface area contributed by atoms with Crippen LogP contribution < -0.4 is 4.74 Å². The number of rotatable bonds is 15. The molecule has 154 valence electrons. The molecule has 1 aromatic carbocycles. The van der Waals surface area contributed by atoms with Crippen molar-refractivity contribution >= 4 is 0 Å². The Kier molecular flexibility index (Phi) is 11.4. The lowest BCUT2D eigenvalue weighted by Gasteiger charge is -2.08. The van der Waals surface area contributed by atoms with E-state index in [9.17, 15) is 0 Å². The first-order valence-corrected chi connectivity index (χ1v) is 11.5. The second-order valence-corrected chi connectivity index (χ2v) is 7.88. The summed E-state index contributed by atoms with van der Waals surface area (Å²) in [4.78, 5) is 4.64. The van der Waals surface area contributed by atoms with E-state index in [4.69, 9.17) is 4.74 Å². The molecule has 0 amide bonds. The summed E-state index contributed by atoms with van der Waals surface area (Å²) in [7, 11) is 0. The van der Waals surface area contributed by atoms with Gasteiger partial charge in [-0.05, 0) is 61.4 Å². The zero-order valence-electron chi connectivity index (χ0n) is 18.1. The SMILES string of the molecule is CCCCCCCCOc1ccc(CCc2ccc(CCCCC)cn2)cc1. The maximum absolute atomic E-state index is 5.87. The summed E-state index contributed by atoms with van der Waals surface area (Å²) in [5.74, 6) is 0.992. The molecule has 28 heavy (non-hydrogen) atoms. The third-order valence-electron chi connectivity index (χ3n) is 5.31. The molecule has 0 bridgehead atoms. The summed E-state index contributed by atoms with van der Waals surface area (Å²) in [6.45, 7) is 5.34. The lowest BCUT2D eigenvalue weighted by atomic mass is 10.1. The lowest BCUT2D eigenvalue weighted by Crippen LogP contribution is -1.98. The van der Waals surface area contributed by atoms with Crippen LogP contribution in [0.1, 0.15) is 88.5 Å². The van der Waals surface area contributed by atoms with E-state index in [2.05, 4.69) is 61.4 Å². The Labute approximate surface area is 172 Å². The minimum atomic E-state index is 0.833. The van der Waals surface area contributed by atoms with Crippen LogP contribution in [0.2, 0.25) is 0 Å². The molecule has 2 rings (SSSR count). The van der Waals surface area contributed by atoms with E-state index in [1.54, 1.807) is 0 Å². The number of aryl methyl sites for hydroxylation is 3. The van der Waals surface area contributed by atoms with Gasteiger partial charge >= 0.3 is 0 Å². The summed E-state index contributed by atoms with van der Waals surface area (Å²) < 4.78 is 5.87. The van der Waals surface area contributed by atoms with E-state index in [1.807, 2.05) is 0 Å². The summed E-state index contributed by atoms with van der Waals surface area (Å²) in [6, 6.07) is 13.0. The largest absolute Gasteiger partial charge is 0.494 e. The third kappa shape index (κ3) is 9.39. The average molecular weight is 382 g/mol. The van der Waals surface area contributed by atoms with Gasteiger partial charge in [0.15, 0.2) is 0 Å². The molecule has 0 saturated heterocycles. The van der Waals surface area contributed by atoms with Crippen molar-refractivity contribution in [2.75, 3.05) is 6.61 Å². The topological polar surface area (TPSA) is 22.1 Å². The van der Waals surface area contributed by atoms with Crippen LogP contribution in [0.4, 0.5) is 0 Å². The predicted octanol–water partition coefficient (Wildman–Crippen LogP) is 7.34. The molecule has 2 aromatic rings. The standard InChI is InChI=1S/C26H39NO/c1-3-5-7-8-9-11-21-28-26-19-15-23(16-20-26)13-17-25-18-14-24(22-27-25)12-10-6-4-2/h14-16,18-20,22H,3-13,17,21H2,1-2H3. The molecule has 0 aliphatic rings. The Morgan fingerprint density at radius 2 is 1.32 bits per heavy atom.